The number of halogens is 1. The highest BCUT2D eigenvalue weighted by molar-refractivity contribution is 9.10. The van der Waals surface area contributed by atoms with Crippen LogP contribution in [0.2, 0.25) is 0 Å². The first-order valence-corrected chi connectivity index (χ1v) is 10.4. The van der Waals surface area contributed by atoms with E-state index in [1.54, 1.807) is 43.3 Å². The molecule has 0 N–H and O–H groups in total. The lowest BCUT2D eigenvalue weighted by Crippen LogP contribution is -2.41. The predicted molar refractivity (Wildman–Crippen MR) is 114 cm³/mol. The number of ketones is 2. The van der Waals surface area contributed by atoms with Gasteiger partial charge >= 0.3 is 5.97 Å². The molecule has 1 aliphatic heterocycles. The van der Waals surface area contributed by atoms with Crippen molar-refractivity contribution in [2.75, 3.05) is 0 Å². The first-order valence-electron chi connectivity index (χ1n) is 9.56. The number of carbonyl (C=O) groups is 3. The number of esters is 1. The van der Waals surface area contributed by atoms with Gasteiger partial charge in [-0.3, -0.25) is 14.4 Å². The summed E-state index contributed by atoms with van der Waals surface area (Å²) in [6.07, 6.45) is 1.38. The monoisotopic (exact) mass is 466 g/mol. The molecule has 4 rings (SSSR count). The van der Waals surface area contributed by atoms with Crippen molar-refractivity contribution in [1.29, 1.82) is 0 Å². The van der Waals surface area contributed by atoms with Gasteiger partial charge in [-0.15, -0.1) is 0 Å². The van der Waals surface area contributed by atoms with E-state index in [9.17, 15) is 14.4 Å². The summed E-state index contributed by atoms with van der Waals surface area (Å²) >= 11 is 3.44. The van der Waals surface area contributed by atoms with E-state index >= 15 is 0 Å². The first-order chi connectivity index (χ1) is 14.4. The Morgan fingerprint density at radius 2 is 1.80 bits per heavy atom. The van der Waals surface area contributed by atoms with Crippen LogP contribution in [0, 0.1) is 18.8 Å². The molecule has 0 saturated heterocycles. The molecule has 3 atom stereocenters. The summed E-state index contributed by atoms with van der Waals surface area (Å²) in [6.45, 7) is 3.69. The van der Waals surface area contributed by atoms with Crippen LogP contribution < -0.4 is 4.74 Å². The van der Waals surface area contributed by atoms with Gasteiger partial charge < -0.3 is 9.15 Å². The second kappa shape index (κ2) is 8.03. The quantitative estimate of drug-likeness (QED) is 0.218. The standard InChI is InChI=1S/C24H19BrO5/c1-13-5-7-15(8-6-13)22(26)14(2)20-17-12-16(25)9-10-18(17)30-24(28)21(20)23(27)19-4-3-11-29-19/h3-12,14,20-21H,1-2H3. The van der Waals surface area contributed by atoms with Crippen LogP contribution in [0.25, 0.3) is 0 Å². The average molecular weight is 467 g/mol. The Bertz CT molecular complexity index is 1120. The Hall–Kier alpha value is -2.99. The van der Waals surface area contributed by atoms with Crippen molar-refractivity contribution in [2.24, 2.45) is 11.8 Å². The molecule has 1 aliphatic rings. The lowest BCUT2D eigenvalue weighted by Gasteiger charge is -2.34. The summed E-state index contributed by atoms with van der Waals surface area (Å²) in [5.41, 5.74) is 2.22. The molecule has 1 aromatic heterocycles. The van der Waals surface area contributed by atoms with Crippen LogP contribution in [0.15, 0.2) is 69.8 Å². The Labute approximate surface area is 182 Å². The fourth-order valence-electron chi connectivity index (χ4n) is 3.91. The van der Waals surface area contributed by atoms with E-state index in [4.69, 9.17) is 9.15 Å². The maximum atomic E-state index is 13.3. The SMILES string of the molecule is Cc1ccc(C(=O)C(C)C2c3cc(Br)ccc3OC(=O)C2C(=O)c2ccco2)cc1. The van der Waals surface area contributed by atoms with Crippen molar-refractivity contribution in [2.45, 2.75) is 19.8 Å². The number of rotatable bonds is 5. The number of ether oxygens (including phenoxy) is 1. The summed E-state index contributed by atoms with van der Waals surface area (Å²) in [5, 5.41) is 0. The molecule has 0 saturated carbocycles. The fraction of sp³-hybridized carbons (Fsp3) is 0.208. The van der Waals surface area contributed by atoms with Gasteiger partial charge in [0.1, 0.15) is 11.7 Å². The summed E-state index contributed by atoms with van der Waals surface area (Å²) in [7, 11) is 0. The van der Waals surface area contributed by atoms with Gasteiger partial charge in [0.05, 0.1) is 6.26 Å². The van der Waals surface area contributed by atoms with Gasteiger partial charge in [-0.25, -0.2) is 0 Å². The van der Waals surface area contributed by atoms with E-state index in [0.717, 1.165) is 10.0 Å². The third-order valence-corrected chi connectivity index (χ3v) is 5.98. The second-order valence-electron chi connectivity index (χ2n) is 7.47. The topological polar surface area (TPSA) is 73.6 Å². The van der Waals surface area contributed by atoms with Crippen molar-refractivity contribution in [3.8, 4) is 5.75 Å². The zero-order valence-corrected chi connectivity index (χ0v) is 18.0. The van der Waals surface area contributed by atoms with Crippen LogP contribution in [0.4, 0.5) is 0 Å². The summed E-state index contributed by atoms with van der Waals surface area (Å²) in [6, 6.07) is 15.6. The third kappa shape index (κ3) is 3.63. The summed E-state index contributed by atoms with van der Waals surface area (Å²) in [5.74, 6) is -3.40. The van der Waals surface area contributed by atoms with Crippen LogP contribution in [0.5, 0.6) is 5.75 Å². The van der Waals surface area contributed by atoms with E-state index < -0.39 is 29.5 Å². The fourth-order valence-corrected chi connectivity index (χ4v) is 4.29. The number of aryl methyl sites for hydroxylation is 1. The van der Waals surface area contributed by atoms with E-state index in [2.05, 4.69) is 15.9 Å². The molecule has 0 aliphatic carbocycles. The number of hydrogen-bond acceptors (Lipinski definition) is 5. The van der Waals surface area contributed by atoms with Crippen LogP contribution in [0.1, 0.15) is 44.9 Å². The molecule has 0 radical (unpaired) electrons. The van der Waals surface area contributed by atoms with E-state index in [1.807, 2.05) is 19.1 Å². The number of carbonyl (C=O) groups excluding carboxylic acids is 3. The Kier molecular flexibility index (Phi) is 5.43. The molecule has 0 fully saturated rings. The van der Waals surface area contributed by atoms with Crippen molar-refractivity contribution in [3.63, 3.8) is 0 Å². The summed E-state index contributed by atoms with van der Waals surface area (Å²) in [4.78, 5) is 39.4. The zero-order valence-electron chi connectivity index (χ0n) is 16.4. The molecular formula is C24H19BrO5. The number of benzene rings is 2. The molecule has 6 heteroatoms. The number of furan rings is 1. The molecule has 3 unspecified atom stereocenters. The number of Topliss-reactive ketones (excluding diaryl/α,β-unsaturated/α-hetero) is 2. The maximum absolute atomic E-state index is 13.3. The highest BCUT2D eigenvalue weighted by atomic mass is 79.9. The zero-order chi connectivity index (χ0) is 21.4. The lowest BCUT2D eigenvalue weighted by molar-refractivity contribution is -0.139. The highest BCUT2D eigenvalue weighted by Crippen LogP contribution is 2.45. The smallest absolute Gasteiger partial charge is 0.323 e. The van der Waals surface area contributed by atoms with Gasteiger partial charge in [0.15, 0.2) is 11.5 Å². The Morgan fingerprint density at radius 3 is 2.47 bits per heavy atom. The lowest BCUT2D eigenvalue weighted by atomic mass is 9.71. The maximum Gasteiger partial charge on any atom is 0.323 e. The Morgan fingerprint density at radius 1 is 1.07 bits per heavy atom. The van der Waals surface area contributed by atoms with Crippen molar-refractivity contribution >= 4 is 33.5 Å². The average Bonchev–Trinajstić information content (AvgIpc) is 3.27. The Balaban J connectivity index is 1.81. The molecule has 2 aromatic carbocycles. The molecule has 5 nitrogen and oxygen atoms in total. The molecule has 2 heterocycles. The minimum Gasteiger partial charge on any atom is -0.461 e. The van der Waals surface area contributed by atoms with E-state index in [-0.39, 0.29) is 11.5 Å². The molecular weight excluding hydrogens is 448 g/mol. The highest BCUT2D eigenvalue weighted by Gasteiger charge is 2.47. The largest absolute Gasteiger partial charge is 0.461 e. The minimum absolute atomic E-state index is 0.0652. The molecule has 152 valence electrons. The molecule has 0 amide bonds. The molecule has 0 bridgehead atoms. The van der Waals surface area contributed by atoms with Gasteiger partial charge in [0.2, 0.25) is 5.78 Å². The number of fused-ring (bicyclic) bond motifs is 1. The third-order valence-electron chi connectivity index (χ3n) is 5.49. The molecule has 3 aromatic rings. The van der Waals surface area contributed by atoms with Gasteiger partial charge in [0.25, 0.3) is 0 Å². The predicted octanol–water partition coefficient (Wildman–Crippen LogP) is 5.37. The van der Waals surface area contributed by atoms with Crippen molar-refractivity contribution in [3.05, 3.63) is 87.8 Å². The summed E-state index contributed by atoms with van der Waals surface area (Å²) < 4.78 is 11.5. The van der Waals surface area contributed by atoms with E-state index in [0.29, 0.717) is 16.9 Å². The van der Waals surface area contributed by atoms with Gasteiger partial charge in [-0.1, -0.05) is 52.7 Å². The normalized spacial score (nSPS) is 19.0. The van der Waals surface area contributed by atoms with Crippen LogP contribution in [0.3, 0.4) is 0 Å². The number of hydrogen-bond donors (Lipinski definition) is 0. The van der Waals surface area contributed by atoms with Crippen molar-refractivity contribution in [1.82, 2.24) is 0 Å². The van der Waals surface area contributed by atoms with Crippen LogP contribution >= 0.6 is 15.9 Å². The van der Waals surface area contributed by atoms with Crippen LogP contribution in [-0.2, 0) is 4.79 Å². The van der Waals surface area contributed by atoms with Crippen molar-refractivity contribution < 1.29 is 23.5 Å². The molecule has 30 heavy (non-hydrogen) atoms. The first kappa shape index (κ1) is 20.3. The van der Waals surface area contributed by atoms with Gasteiger partial charge in [0, 0.05) is 27.4 Å². The van der Waals surface area contributed by atoms with Gasteiger partial charge in [-0.2, -0.15) is 0 Å². The van der Waals surface area contributed by atoms with Gasteiger partial charge in [-0.05, 0) is 37.3 Å². The second-order valence-corrected chi connectivity index (χ2v) is 8.38. The van der Waals surface area contributed by atoms with Crippen LogP contribution in [-0.4, -0.2) is 17.5 Å². The van der Waals surface area contributed by atoms with E-state index in [1.165, 1.54) is 12.3 Å². The molecule has 0 spiro atoms. The minimum atomic E-state index is -1.18.